The molecule has 2 aromatic rings. The second-order valence-electron chi connectivity index (χ2n) is 3.70. The summed E-state index contributed by atoms with van der Waals surface area (Å²) in [5, 5.41) is 8.94. The van der Waals surface area contributed by atoms with Crippen LogP contribution in [-0.4, -0.2) is 21.4 Å². The van der Waals surface area contributed by atoms with E-state index in [1.165, 1.54) is 22.9 Å². The Bertz CT molecular complexity index is 531. The molecule has 0 saturated carbocycles. The number of hydrogen-bond donors (Lipinski definition) is 0. The van der Waals surface area contributed by atoms with Crippen molar-refractivity contribution in [2.24, 2.45) is 0 Å². The highest BCUT2D eigenvalue weighted by Crippen LogP contribution is 2.19. The van der Waals surface area contributed by atoms with Crippen molar-refractivity contribution in [3.05, 3.63) is 46.4 Å². The molecule has 88 valence electrons. The second kappa shape index (κ2) is 5.47. The minimum absolute atomic E-state index is 0.197. The molecule has 0 bridgehead atoms. The summed E-state index contributed by atoms with van der Waals surface area (Å²) in [6.45, 7) is 2.07. The van der Waals surface area contributed by atoms with Gasteiger partial charge in [-0.1, -0.05) is 29.8 Å². The highest BCUT2D eigenvalue weighted by atomic mass is 35.5. The average Bonchev–Trinajstić information content (AvgIpc) is 2.31. The number of rotatable bonds is 3. The zero-order valence-electron chi connectivity index (χ0n) is 9.64. The Labute approximate surface area is 110 Å². The third-order valence-electron chi connectivity index (χ3n) is 2.34. The van der Waals surface area contributed by atoms with Gasteiger partial charge in [-0.05, 0) is 30.3 Å². The van der Waals surface area contributed by atoms with E-state index >= 15 is 0 Å². The highest BCUT2D eigenvalue weighted by Gasteiger charge is 2.08. The lowest BCUT2D eigenvalue weighted by molar-refractivity contribution is 0.826. The van der Waals surface area contributed by atoms with E-state index in [0.29, 0.717) is 0 Å². The summed E-state index contributed by atoms with van der Waals surface area (Å²) < 4.78 is 0. The first-order valence-corrected chi connectivity index (χ1v) is 6.78. The van der Waals surface area contributed by atoms with Crippen molar-refractivity contribution < 1.29 is 0 Å². The molecular weight excluding hydrogens is 254 g/mol. The van der Waals surface area contributed by atoms with E-state index in [9.17, 15) is 0 Å². The van der Waals surface area contributed by atoms with Crippen LogP contribution >= 0.6 is 23.4 Å². The monoisotopic (exact) mass is 265 g/mol. The highest BCUT2D eigenvalue weighted by molar-refractivity contribution is 7.98. The molecule has 0 amide bonds. The van der Waals surface area contributed by atoms with Gasteiger partial charge in [-0.2, -0.15) is 0 Å². The normalized spacial score (nSPS) is 10.5. The Balaban J connectivity index is 2.29. The maximum absolute atomic E-state index is 5.73. The van der Waals surface area contributed by atoms with Crippen LogP contribution in [0.5, 0.6) is 0 Å². The maximum atomic E-state index is 5.73. The molecule has 0 aliphatic heterocycles. The van der Waals surface area contributed by atoms with Crippen LogP contribution in [0.3, 0.4) is 0 Å². The zero-order valence-corrected chi connectivity index (χ0v) is 11.2. The predicted molar refractivity (Wildman–Crippen MR) is 70.6 cm³/mol. The van der Waals surface area contributed by atoms with Crippen LogP contribution in [-0.2, 0) is 6.42 Å². The van der Waals surface area contributed by atoms with E-state index in [0.717, 1.165) is 17.1 Å². The minimum atomic E-state index is 0.197. The minimum Gasteiger partial charge on any atom is -0.208 e. The van der Waals surface area contributed by atoms with Crippen molar-refractivity contribution in [3.63, 3.8) is 0 Å². The van der Waals surface area contributed by atoms with Crippen molar-refractivity contribution in [2.75, 3.05) is 6.26 Å². The number of aromatic nitrogens is 3. The number of hydrogen-bond acceptors (Lipinski definition) is 4. The molecule has 0 spiro atoms. The molecule has 0 radical (unpaired) electrons. The van der Waals surface area contributed by atoms with Gasteiger partial charge in [0.15, 0.2) is 0 Å². The fourth-order valence-electron chi connectivity index (χ4n) is 1.60. The molecule has 0 aliphatic carbocycles. The summed E-state index contributed by atoms with van der Waals surface area (Å²) in [6.07, 6.45) is 2.69. The Morgan fingerprint density at radius 3 is 2.82 bits per heavy atom. The van der Waals surface area contributed by atoms with Gasteiger partial charge in [0.1, 0.15) is 5.03 Å². The standard InChI is InChI=1S/C12H12ClN3S/c1-8-4-3-5-9(6-8)7-10-11(17-2)14-12(13)16-15-10/h3-6H,7H2,1-2H3. The number of benzene rings is 1. The lowest BCUT2D eigenvalue weighted by atomic mass is 10.1. The average molecular weight is 266 g/mol. The molecule has 0 fully saturated rings. The van der Waals surface area contributed by atoms with Crippen molar-refractivity contribution in [1.82, 2.24) is 15.2 Å². The Morgan fingerprint density at radius 1 is 1.29 bits per heavy atom. The van der Waals surface area contributed by atoms with Crippen LogP contribution in [0.15, 0.2) is 29.3 Å². The first-order valence-electron chi connectivity index (χ1n) is 5.17. The summed E-state index contributed by atoms with van der Waals surface area (Å²) in [5.74, 6) is 0. The number of nitrogens with zero attached hydrogens (tertiary/aromatic N) is 3. The summed E-state index contributed by atoms with van der Waals surface area (Å²) in [6, 6.07) is 8.33. The molecule has 0 saturated heterocycles. The van der Waals surface area contributed by atoms with Crippen LogP contribution in [0.2, 0.25) is 5.28 Å². The molecule has 1 heterocycles. The van der Waals surface area contributed by atoms with Gasteiger partial charge >= 0.3 is 0 Å². The first-order chi connectivity index (χ1) is 8.19. The maximum Gasteiger partial charge on any atom is 0.244 e. The van der Waals surface area contributed by atoms with Gasteiger partial charge in [0.05, 0.1) is 5.69 Å². The second-order valence-corrected chi connectivity index (χ2v) is 4.84. The van der Waals surface area contributed by atoms with E-state index in [2.05, 4.69) is 40.3 Å². The summed E-state index contributed by atoms with van der Waals surface area (Å²) in [7, 11) is 0. The zero-order chi connectivity index (χ0) is 12.3. The van der Waals surface area contributed by atoms with Crippen LogP contribution in [0.25, 0.3) is 0 Å². The molecule has 2 rings (SSSR count). The molecule has 1 aromatic heterocycles. The Morgan fingerprint density at radius 2 is 2.12 bits per heavy atom. The quantitative estimate of drug-likeness (QED) is 0.799. The lowest BCUT2D eigenvalue weighted by Crippen LogP contribution is -2.01. The third-order valence-corrected chi connectivity index (χ3v) is 3.22. The fraction of sp³-hybridized carbons (Fsp3) is 0.250. The summed E-state index contributed by atoms with van der Waals surface area (Å²) >= 11 is 7.26. The van der Waals surface area contributed by atoms with Gasteiger partial charge in [-0.15, -0.1) is 22.0 Å². The summed E-state index contributed by atoms with van der Waals surface area (Å²) in [5.41, 5.74) is 3.31. The van der Waals surface area contributed by atoms with Crippen LogP contribution in [0.4, 0.5) is 0 Å². The Kier molecular flexibility index (Phi) is 3.97. The number of aryl methyl sites for hydroxylation is 1. The van der Waals surface area contributed by atoms with Gasteiger partial charge in [-0.3, -0.25) is 0 Å². The van der Waals surface area contributed by atoms with Crippen molar-refractivity contribution in [1.29, 1.82) is 0 Å². The molecular formula is C12H12ClN3S. The van der Waals surface area contributed by atoms with Crippen LogP contribution in [0.1, 0.15) is 16.8 Å². The number of thioether (sulfide) groups is 1. The largest absolute Gasteiger partial charge is 0.244 e. The van der Waals surface area contributed by atoms with E-state index in [4.69, 9.17) is 11.6 Å². The SMILES string of the molecule is CSc1nc(Cl)nnc1Cc1cccc(C)c1. The van der Waals surface area contributed by atoms with E-state index < -0.39 is 0 Å². The molecule has 17 heavy (non-hydrogen) atoms. The smallest absolute Gasteiger partial charge is 0.208 e. The van der Waals surface area contributed by atoms with Crippen molar-refractivity contribution in [2.45, 2.75) is 18.4 Å². The van der Waals surface area contributed by atoms with Gasteiger partial charge in [-0.25, -0.2) is 4.98 Å². The fourth-order valence-corrected chi connectivity index (χ4v) is 2.30. The van der Waals surface area contributed by atoms with Gasteiger partial charge < -0.3 is 0 Å². The summed E-state index contributed by atoms with van der Waals surface area (Å²) in [4.78, 5) is 4.16. The van der Waals surface area contributed by atoms with Gasteiger partial charge in [0.25, 0.3) is 0 Å². The van der Waals surface area contributed by atoms with E-state index in [1.807, 2.05) is 12.3 Å². The number of halogens is 1. The van der Waals surface area contributed by atoms with Crippen molar-refractivity contribution >= 4 is 23.4 Å². The molecule has 0 N–H and O–H groups in total. The van der Waals surface area contributed by atoms with E-state index in [1.54, 1.807) is 0 Å². The van der Waals surface area contributed by atoms with E-state index in [-0.39, 0.29) is 5.28 Å². The topological polar surface area (TPSA) is 38.7 Å². The lowest BCUT2D eigenvalue weighted by Gasteiger charge is -2.05. The first kappa shape index (κ1) is 12.3. The van der Waals surface area contributed by atoms with Crippen LogP contribution in [0, 0.1) is 6.92 Å². The van der Waals surface area contributed by atoms with Gasteiger partial charge in [0.2, 0.25) is 5.28 Å². The Hall–Kier alpha value is -1.13. The van der Waals surface area contributed by atoms with Gasteiger partial charge in [0, 0.05) is 6.42 Å². The third kappa shape index (κ3) is 3.17. The van der Waals surface area contributed by atoms with Crippen molar-refractivity contribution in [3.8, 4) is 0 Å². The predicted octanol–water partition coefficient (Wildman–Crippen LogP) is 3.15. The van der Waals surface area contributed by atoms with Crippen LogP contribution < -0.4 is 0 Å². The molecule has 0 atom stereocenters. The molecule has 0 aliphatic rings. The molecule has 1 aromatic carbocycles. The molecule has 5 heteroatoms. The molecule has 0 unspecified atom stereocenters. The molecule has 3 nitrogen and oxygen atoms in total.